The number of hydrogen-bond donors (Lipinski definition) is 3. The van der Waals surface area contributed by atoms with Crippen LogP contribution in [0.2, 0.25) is 0 Å². The standard InChI is InChI=1S/C23H24FN7O/c1-13-10-15-16(25-13)6-7-18(22(15)24)32-23-27-19(12-21(28-23)31-8-2-3-9-31)26-20-11-17(29-30-20)14-4-5-14/h6-7,10-12,14,25H,2-5,8-9H2,1H3,(H2,26,27,28,29,30). The predicted molar refractivity (Wildman–Crippen MR) is 120 cm³/mol. The largest absolute Gasteiger partial charge is 0.421 e. The predicted octanol–water partition coefficient (Wildman–Crippen LogP) is 5.14. The van der Waals surface area contributed by atoms with Crippen molar-refractivity contribution in [1.82, 2.24) is 25.1 Å². The molecule has 1 aliphatic heterocycles. The molecule has 0 amide bonds. The minimum absolute atomic E-state index is 0.0943. The van der Waals surface area contributed by atoms with Crippen LogP contribution in [0.25, 0.3) is 10.9 Å². The smallest absolute Gasteiger partial charge is 0.326 e. The summed E-state index contributed by atoms with van der Waals surface area (Å²) in [6, 6.07) is 9.16. The number of ether oxygens (including phenoxy) is 1. The number of aryl methyl sites for hydroxylation is 1. The molecule has 3 aromatic heterocycles. The first-order chi connectivity index (χ1) is 15.6. The van der Waals surface area contributed by atoms with Gasteiger partial charge in [-0.1, -0.05) is 0 Å². The third-order valence-electron chi connectivity index (χ3n) is 6.03. The molecule has 1 saturated heterocycles. The topological polar surface area (TPSA) is 94.8 Å². The van der Waals surface area contributed by atoms with Gasteiger partial charge in [0, 0.05) is 53.4 Å². The molecule has 0 unspecified atom stereocenters. The van der Waals surface area contributed by atoms with Crippen LogP contribution in [-0.2, 0) is 0 Å². The average molecular weight is 433 g/mol. The first-order valence-electron chi connectivity index (χ1n) is 11.0. The van der Waals surface area contributed by atoms with Crippen molar-refractivity contribution in [2.24, 2.45) is 0 Å². The lowest BCUT2D eigenvalue weighted by molar-refractivity contribution is 0.414. The Morgan fingerprint density at radius 1 is 1.09 bits per heavy atom. The van der Waals surface area contributed by atoms with Gasteiger partial charge in [-0.15, -0.1) is 0 Å². The number of anilines is 3. The number of rotatable bonds is 6. The number of nitrogens with zero attached hydrogens (tertiary/aromatic N) is 4. The van der Waals surface area contributed by atoms with Gasteiger partial charge in [-0.2, -0.15) is 15.1 Å². The van der Waals surface area contributed by atoms with Crippen molar-refractivity contribution in [3.8, 4) is 11.8 Å². The molecule has 6 rings (SSSR count). The monoisotopic (exact) mass is 433 g/mol. The summed E-state index contributed by atoms with van der Waals surface area (Å²) in [6.07, 6.45) is 4.63. The molecule has 0 radical (unpaired) electrons. The van der Waals surface area contributed by atoms with E-state index in [0.29, 0.717) is 22.9 Å². The number of benzene rings is 1. The maximum atomic E-state index is 15.1. The molecular weight excluding hydrogens is 409 g/mol. The number of aromatic amines is 2. The van der Waals surface area contributed by atoms with Crippen LogP contribution in [0.3, 0.4) is 0 Å². The zero-order chi connectivity index (χ0) is 21.7. The summed E-state index contributed by atoms with van der Waals surface area (Å²) in [6.45, 7) is 3.74. The lowest BCUT2D eigenvalue weighted by Crippen LogP contribution is -2.19. The molecule has 3 N–H and O–H groups in total. The van der Waals surface area contributed by atoms with E-state index < -0.39 is 5.82 Å². The number of fused-ring (bicyclic) bond motifs is 1. The van der Waals surface area contributed by atoms with Crippen molar-refractivity contribution in [1.29, 1.82) is 0 Å². The van der Waals surface area contributed by atoms with Crippen molar-refractivity contribution in [2.45, 2.75) is 38.5 Å². The molecule has 164 valence electrons. The van der Waals surface area contributed by atoms with Crippen molar-refractivity contribution in [3.63, 3.8) is 0 Å². The fourth-order valence-electron chi connectivity index (χ4n) is 4.23. The minimum atomic E-state index is -0.432. The van der Waals surface area contributed by atoms with Crippen LogP contribution in [0, 0.1) is 12.7 Å². The quantitative estimate of drug-likeness (QED) is 0.390. The zero-order valence-corrected chi connectivity index (χ0v) is 17.8. The van der Waals surface area contributed by atoms with E-state index in [1.807, 2.05) is 19.1 Å². The van der Waals surface area contributed by atoms with E-state index >= 15 is 4.39 Å². The second-order valence-electron chi connectivity index (χ2n) is 8.59. The van der Waals surface area contributed by atoms with Crippen LogP contribution in [-0.4, -0.2) is 38.2 Å². The maximum absolute atomic E-state index is 15.1. The van der Waals surface area contributed by atoms with Gasteiger partial charge in [0.05, 0.1) is 0 Å². The van der Waals surface area contributed by atoms with Crippen molar-refractivity contribution < 1.29 is 9.13 Å². The summed E-state index contributed by atoms with van der Waals surface area (Å²) in [5.41, 5.74) is 2.75. The molecule has 1 aliphatic carbocycles. The van der Waals surface area contributed by atoms with Gasteiger partial charge in [0.15, 0.2) is 17.4 Å². The lowest BCUT2D eigenvalue weighted by atomic mass is 10.2. The fraction of sp³-hybridized carbons (Fsp3) is 0.348. The Kier molecular flexibility index (Phi) is 4.48. The zero-order valence-electron chi connectivity index (χ0n) is 17.8. The maximum Gasteiger partial charge on any atom is 0.326 e. The van der Waals surface area contributed by atoms with E-state index in [1.54, 1.807) is 18.2 Å². The number of aromatic nitrogens is 5. The Morgan fingerprint density at radius 3 is 2.75 bits per heavy atom. The second-order valence-corrected chi connectivity index (χ2v) is 8.59. The third-order valence-corrected chi connectivity index (χ3v) is 6.03. The summed E-state index contributed by atoms with van der Waals surface area (Å²) in [7, 11) is 0. The molecule has 32 heavy (non-hydrogen) atoms. The highest BCUT2D eigenvalue weighted by molar-refractivity contribution is 5.82. The molecule has 0 atom stereocenters. The van der Waals surface area contributed by atoms with E-state index in [-0.39, 0.29) is 11.8 Å². The van der Waals surface area contributed by atoms with Crippen molar-refractivity contribution in [3.05, 3.63) is 47.5 Å². The Balaban J connectivity index is 1.33. The van der Waals surface area contributed by atoms with Gasteiger partial charge >= 0.3 is 6.01 Å². The highest BCUT2D eigenvalue weighted by Crippen LogP contribution is 2.40. The highest BCUT2D eigenvalue weighted by Gasteiger charge is 2.26. The molecule has 4 heterocycles. The van der Waals surface area contributed by atoms with Gasteiger partial charge in [-0.25, -0.2) is 4.39 Å². The van der Waals surface area contributed by atoms with Crippen LogP contribution < -0.4 is 15.0 Å². The Labute approximate surface area is 184 Å². The normalized spacial score (nSPS) is 16.1. The number of H-pyrrole nitrogens is 2. The second kappa shape index (κ2) is 7.51. The first kappa shape index (κ1) is 19.1. The van der Waals surface area contributed by atoms with E-state index in [0.717, 1.165) is 48.7 Å². The molecule has 2 fully saturated rings. The molecule has 0 spiro atoms. The van der Waals surface area contributed by atoms with Gasteiger partial charge in [0.2, 0.25) is 0 Å². The molecule has 4 aromatic rings. The number of hydrogen-bond acceptors (Lipinski definition) is 6. The van der Waals surface area contributed by atoms with Crippen LogP contribution in [0.4, 0.5) is 21.8 Å². The summed E-state index contributed by atoms with van der Waals surface area (Å²) in [5, 5.41) is 11.2. The highest BCUT2D eigenvalue weighted by atomic mass is 19.1. The summed E-state index contributed by atoms with van der Waals surface area (Å²) < 4.78 is 20.9. The van der Waals surface area contributed by atoms with E-state index in [9.17, 15) is 0 Å². The molecule has 2 aliphatic rings. The first-order valence-corrected chi connectivity index (χ1v) is 11.0. The molecular formula is C23H24FN7O. The molecule has 9 heteroatoms. The minimum Gasteiger partial charge on any atom is -0.421 e. The van der Waals surface area contributed by atoms with Crippen LogP contribution in [0.1, 0.15) is 43.0 Å². The number of nitrogens with one attached hydrogen (secondary N) is 3. The van der Waals surface area contributed by atoms with Crippen molar-refractivity contribution in [2.75, 3.05) is 23.3 Å². The van der Waals surface area contributed by atoms with Gasteiger partial charge in [0.25, 0.3) is 0 Å². The number of halogens is 1. The van der Waals surface area contributed by atoms with Crippen LogP contribution in [0.15, 0.2) is 30.3 Å². The van der Waals surface area contributed by atoms with E-state index in [4.69, 9.17) is 4.74 Å². The lowest BCUT2D eigenvalue weighted by Gasteiger charge is -2.18. The van der Waals surface area contributed by atoms with Gasteiger partial charge in [0.1, 0.15) is 11.6 Å². The summed E-state index contributed by atoms with van der Waals surface area (Å²) in [5.74, 6) is 2.25. The average Bonchev–Trinajstić information content (AvgIpc) is 3.16. The van der Waals surface area contributed by atoms with Gasteiger partial charge in [-0.3, -0.25) is 5.10 Å². The molecule has 0 bridgehead atoms. The molecule has 8 nitrogen and oxygen atoms in total. The van der Waals surface area contributed by atoms with Gasteiger partial charge < -0.3 is 19.9 Å². The van der Waals surface area contributed by atoms with Crippen LogP contribution >= 0.6 is 0 Å². The van der Waals surface area contributed by atoms with E-state index in [1.165, 1.54) is 12.8 Å². The molecule has 1 saturated carbocycles. The summed E-state index contributed by atoms with van der Waals surface area (Å²) >= 11 is 0. The Bertz CT molecular complexity index is 1290. The molecule has 1 aromatic carbocycles. The summed E-state index contributed by atoms with van der Waals surface area (Å²) in [4.78, 5) is 14.4. The Hall–Kier alpha value is -3.62. The van der Waals surface area contributed by atoms with Crippen LogP contribution in [0.5, 0.6) is 11.8 Å². The van der Waals surface area contributed by atoms with Crippen molar-refractivity contribution >= 4 is 28.4 Å². The Morgan fingerprint density at radius 2 is 1.94 bits per heavy atom. The van der Waals surface area contributed by atoms with E-state index in [2.05, 4.69) is 35.4 Å². The SMILES string of the molecule is Cc1cc2c(F)c(Oc3nc(Nc4cc(C5CC5)[nH]n4)cc(N4CCCC4)n3)ccc2[nH]1. The van der Waals surface area contributed by atoms with Gasteiger partial charge in [-0.05, 0) is 50.8 Å². The fourth-order valence-corrected chi connectivity index (χ4v) is 4.23. The third kappa shape index (κ3) is 3.63.